The summed E-state index contributed by atoms with van der Waals surface area (Å²) in [5, 5.41) is 10.1. The van der Waals surface area contributed by atoms with Crippen LogP contribution in [0.1, 0.15) is 31.9 Å². The van der Waals surface area contributed by atoms with Crippen LogP contribution in [0.3, 0.4) is 0 Å². The smallest absolute Gasteiger partial charge is 0.123 e. The van der Waals surface area contributed by atoms with E-state index in [1.54, 1.807) is 12.1 Å². The molecular formula is C17H27FN2O. The third-order valence-electron chi connectivity index (χ3n) is 4.04. The molecule has 3 nitrogen and oxygen atoms in total. The molecule has 1 aliphatic heterocycles. The first kappa shape index (κ1) is 16.4. The highest BCUT2D eigenvalue weighted by Gasteiger charge is 2.18. The third-order valence-corrected chi connectivity index (χ3v) is 4.04. The number of piperazine rings is 1. The lowest BCUT2D eigenvalue weighted by atomic mass is 10.1. The van der Waals surface area contributed by atoms with Crippen LogP contribution in [0.2, 0.25) is 0 Å². The zero-order valence-corrected chi connectivity index (χ0v) is 13.1. The van der Waals surface area contributed by atoms with Crippen LogP contribution in [-0.2, 0) is 0 Å². The highest BCUT2D eigenvalue weighted by atomic mass is 19.1. The van der Waals surface area contributed by atoms with Gasteiger partial charge in [0.05, 0.1) is 6.10 Å². The molecule has 1 aliphatic rings. The maximum atomic E-state index is 13.1. The van der Waals surface area contributed by atoms with E-state index in [4.69, 9.17) is 0 Å². The van der Waals surface area contributed by atoms with Gasteiger partial charge in [-0.3, -0.25) is 0 Å². The normalized spacial score (nSPS) is 19.1. The summed E-state index contributed by atoms with van der Waals surface area (Å²) in [6, 6.07) is 6.27. The largest absolute Gasteiger partial charge is 0.388 e. The van der Waals surface area contributed by atoms with Crippen molar-refractivity contribution in [2.75, 3.05) is 39.3 Å². The van der Waals surface area contributed by atoms with Gasteiger partial charge in [0.25, 0.3) is 0 Å². The first-order valence-electron chi connectivity index (χ1n) is 7.93. The first-order chi connectivity index (χ1) is 10.0. The molecule has 1 aromatic carbocycles. The monoisotopic (exact) mass is 294 g/mol. The van der Waals surface area contributed by atoms with Crippen LogP contribution in [0.4, 0.5) is 4.39 Å². The molecule has 0 spiro atoms. The average molecular weight is 294 g/mol. The number of aliphatic hydroxyl groups is 1. The SMILES string of the molecule is CC(C)CN1CCN(CCC(O)c2cccc(F)c2)CC1. The van der Waals surface area contributed by atoms with Crippen LogP contribution in [0.15, 0.2) is 24.3 Å². The van der Waals surface area contributed by atoms with E-state index < -0.39 is 6.10 Å². The summed E-state index contributed by atoms with van der Waals surface area (Å²) in [7, 11) is 0. The van der Waals surface area contributed by atoms with Crippen molar-refractivity contribution in [3.05, 3.63) is 35.6 Å². The third kappa shape index (κ3) is 5.38. The lowest BCUT2D eigenvalue weighted by Crippen LogP contribution is -2.47. The molecular weight excluding hydrogens is 267 g/mol. The summed E-state index contributed by atoms with van der Waals surface area (Å²) in [4.78, 5) is 4.89. The number of halogens is 1. The Balaban J connectivity index is 1.72. The van der Waals surface area contributed by atoms with Crippen molar-refractivity contribution in [1.29, 1.82) is 0 Å². The van der Waals surface area contributed by atoms with Gasteiger partial charge in [-0.25, -0.2) is 4.39 Å². The molecule has 0 bridgehead atoms. The van der Waals surface area contributed by atoms with Gasteiger partial charge >= 0.3 is 0 Å². The summed E-state index contributed by atoms with van der Waals surface area (Å²) in [5.74, 6) is 0.431. The predicted molar refractivity (Wildman–Crippen MR) is 83.7 cm³/mol. The van der Waals surface area contributed by atoms with Crippen molar-refractivity contribution < 1.29 is 9.50 Å². The van der Waals surface area contributed by atoms with E-state index in [0.717, 1.165) is 32.7 Å². The van der Waals surface area contributed by atoms with Gasteiger partial charge < -0.3 is 14.9 Å². The van der Waals surface area contributed by atoms with Gasteiger partial charge in [0.15, 0.2) is 0 Å². The van der Waals surface area contributed by atoms with Gasteiger partial charge in [-0.1, -0.05) is 26.0 Å². The molecule has 1 fully saturated rings. The maximum Gasteiger partial charge on any atom is 0.123 e. The molecule has 1 unspecified atom stereocenters. The van der Waals surface area contributed by atoms with E-state index in [2.05, 4.69) is 23.6 Å². The molecule has 0 saturated carbocycles. The standard InChI is InChI=1S/C17H27FN2O/c1-14(2)13-20-10-8-19(9-11-20)7-6-17(21)15-4-3-5-16(18)12-15/h3-5,12,14,17,21H,6-11,13H2,1-2H3. The van der Waals surface area contributed by atoms with E-state index >= 15 is 0 Å². The highest BCUT2D eigenvalue weighted by molar-refractivity contribution is 5.18. The summed E-state index contributed by atoms with van der Waals surface area (Å²) < 4.78 is 13.1. The summed E-state index contributed by atoms with van der Waals surface area (Å²) in [5.41, 5.74) is 0.674. The van der Waals surface area contributed by atoms with Crippen LogP contribution < -0.4 is 0 Å². The van der Waals surface area contributed by atoms with Gasteiger partial charge in [0.2, 0.25) is 0 Å². The van der Waals surface area contributed by atoms with E-state index in [9.17, 15) is 9.50 Å². The second kappa shape index (κ2) is 7.87. The summed E-state index contributed by atoms with van der Waals surface area (Å²) in [6.45, 7) is 10.9. The Kier molecular flexibility index (Phi) is 6.15. The Labute approximate surface area is 127 Å². The fourth-order valence-electron chi connectivity index (χ4n) is 2.90. The van der Waals surface area contributed by atoms with Crippen LogP contribution in [0.5, 0.6) is 0 Å². The van der Waals surface area contributed by atoms with Crippen LogP contribution in [-0.4, -0.2) is 54.2 Å². The molecule has 21 heavy (non-hydrogen) atoms. The van der Waals surface area contributed by atoms with Gasteiger partial charge in [0.1, 0.15) is 5.82 Å². The molecule has 1 heterocycles. The lowest BCUT2D eigenvalue weighted by molar-refractivity contribution is 0.0969. The Bertz CT molecular complexity index is 431. The van der Waals surface area contributed by atoms with Crippen molar-refractivity contribution >= 4 is 0 Å². The lowest BCUT2D eigenvalue weighted by Gasteiger charge is -2.35. The van der Waals surface area contributed by atoms with E-state index in [1.165, 1.54) is 18.7 Å². The van der Waals surface area contributed by atoms with Crippen molar-refractivity contribution in [2.24, 2.45) is 5.92 Å². The van der Waals surface area contributed by atoms with Crippen LogP contribution in [0.25, 0.3) is 0 Å². The average Bonchev–Trinajstić information content (AvgIpc) is 2.45. The first-order valence-corrected chi connectivity index (χ1v) is 7.93. The Morgan fingerprint density at radius 2 is 1.81 bits per heavy atom. The quantitative estimate of drug-likeness (QED) is 0.873. The highest BCUT2D eigenvalue weighted by Crippen LogP contribution is 2.18. The molecule has 2 rings (SSSR count). The number of hydrogen-bond acceptors (Lipinski definition) is 3. The zero-order chi connectivity index (χ0) is 15.2. The van der Waals surface area contributed by atoms with Crippen LogP contribution in [0, 0.1) is 11.7 Å². The number of benzene rings is 1. The van der Waals surface area contributed by atoms with Gasteiger partial charge in [-0.15, -0.1) is 0 Å². The topological polar surface area (TPSA) is 26.7 Å². The molecule has 1 aromatic rings. The molecule has 0 radical (unpaired) electrons. The Morgan fingerprint density at radius 1 is 1.14 bits per heavy atom. The molecule has 0 amide bonds. The van der Waals surface area contributed by atoms with Crippen molar-refractivity contribution in [3.8, 4) is 0 Å². The number of hydrogen-bond donors (Lipinski definition) is 1. The molecule has 1 N–H and O–H groups in total. The molecule has 1 atom stereocenters. The van der Waals surface area contributed by atoms with Crippen LogP contribution >= 0.6 is 0 Å². The number of aliphatic hydroxyl groups excluding tert-OH is 1. The Hall–Kier alpha value is -0.970. The minimum absolute atomic E-state index is 0.283. The number of rotatable bonds is 6. The summed E-state index contributed by atoms with van der Waals surface area (Å²) in [6.07, 6.45) is 0.0857. The fourth-order valence-corrected chi connectivity index (χ4v) is 2.90. The fraction of sp³-hybridized carbons (Fsp3) is 0.647. The second-order valence-electron chi connectivity index (χ2n) is 6.40. The van der Waals surface area contributed by atoms with Gasteiger partial charge in [0, 0.05) is 39.3 Å². The van der Waals surface area contributed by atoms with Gasteiger partial charge in [-0.2, -0.15) is 0 Å². The van der Waals surface area contributed by atoms with Gasteiger partial charge in [-0.05, 0) is 30.0 Å². The van der Waals surface area contributed by atoms with Crippen molar-refractivity contribution in [3.63, 3.8) is 0 Å². The van der Waals surface area contributed by atoms with E-state index in [-0.39, 0.29) is 5.82 Å². The molecule has 0 aromatic heterocycles. The van der Waals surface area contributed by atoms with Crippen molar-refractivity contribution in [1.82, 2.24) is 9.80 Å². The maximum absolute atomic E-state index is 13.1. The molecule has 4 heteroatoms. The van der Waals surface area contributed by atoms with E-state index in [1.807, 2.05) is 0 Å². The number of nitrogens with zero attached hydrogens (tertiary/aromatic N) is 2. The molecule has 0 aliphatic carbocycles. The minimum atomic E-state index is -0.575. The molecule has 118 valence electrons. The van der Waals surface area contributed by atoms with E-state index in [0.29, 0.717) is 17.9 Å². The Morgan fingerprint density at radius 3 is 2.43 bits per heavy atom. The predicted octanol–water partition coefficient (Wildman–Crippen LogP) is 2.52. The molecule has 1 saturated heterocycles. The second-order valence-corrected chi connectivity index (χ2v) is 6.40. The minimum Gasteiger partial charge on any atom is -0.388 e. The summed E-state index contributed by atoms with van der Waals surface area (Å²) >= 11 is 0. The van der Waals surface area contributed by atoms with Crippen molar-refractivity contribution in [2.45, 2.75) is 26.4 Å². The zero-order valence-electron chi connectivity index (χ0n) is 13.1.